The van der Waals surface area contributed by atoms with Gasteiger partial charge in [0.1, 0.15) is 0 Å². The molecule has 6 nitrogen and oxygen atoms in total. The molecular weight excluding hydrogens is 402 g/mol. The lowest BCUT2D eigenvalue weighted by molar-refractivity contribution is 0.0850. The van der Waals surface area contributed by atoms with Crippen molar-refractivity contribution in [1.82, 2.24) is 15.6 Å². The molecule has 3 aromatic rings. The van der Waals surface area contributed by atoms with Crippen LogP contribution in [0.4, 0.5) is 0 Å². The van der Waals surface area contributed by atoms with Gasteiger partial charge in [0, 0.05) is 42.7 Å². The molecule has 1 saturated carbocycles. The van der Waals surface area contributed by atoms with Crippen LogP contribution in [0.25, 0.3) is 11.1 Å². The van der Waals surface area contributed by atoms with Gasteiger partial charge in [0.15, 0.2) is 0 Å². The monoisotopic (exact) mass is 431 g/mol. The van der Waals surface area contributed by atoms with E-state index in [2.05, 4.69) is 22.5 Å². The number of aromatic nitrogens is 1. The minimum Gasteiger partial charge on any atom is -0.400 e. The molecule has 2 amide bonds. The van der Waals surface area contributed by atoms with Gasteiger partial charge in [-0.2, -0.15) is 0 Å². The molecule has 0 spiro atoms. The maximum absolute atomic E-state index is 12.5. The smallest absolute Gasteiger partial charge is 0.251 e. The van der Waals surface area contributed by atoms with Crippen LogP contribution in [0.15, 0.2) is 73.1 Å². The normalized spacial score (nSPS) is 13.7. The molecule has 2 aromatic carbocycles. The lowest BCUT2D eigenvalue weighted by Gasteiger charge is -2.39. The molecule has 166 valence electrons. The molecule has 1 fully saturated rings. The third-order valence-corrected chi connectivity index (χ3v) is 5.68. The quantitative estimate of drug-likeness (QED) is 0.551. The summed E-state index contributed by atoms with van der Waals surface area (Å²) in [5.74, 6) is -0.204. The van der Waals surface area contributed by atoms with Crippen LogP contribution in [0.1, 0.15) is 52.5 Å². The summed E-state index contributed by atoms with van der Waals surface area (Å²) in [6.07, 6.45) is 6.70. The van der Waals surface area contributed by atoms with Crippen molar-refractivity contribution < 1.29 is 14.7 Å². The van der Waals surface area contributed by atoms with Crippen molar-refractivity contribution >= 4 is 11.8 Å². The fraction of sp³-hybridized carbons (Fsp3) is 0.269. The number of aliphatic hydroxyl groups is 1. The van der Waals surface area contributed by atoms with Gasteiger partial charge in [0.25, 0.3) is 11.8 Å². The fourth-order valence-electron chi connectivity index (χ4n) is 3.64. The van der Waals surface area contributed by atoms with Gasteiger partial charge in [0.2, 0.25) is 0 Å². The number of hydrogen-bond donors (Lipinski definition) is 3. The third kappa shape index (κ3) is 5.80. The number of carbonyl (C=O) groups is 2. The lowest BCUT2D eigenvalue weighted by Crippen LogP contribution is -2.50. The van der Waals surface area contributed by atoms with Crippen molar-refractivity contribution in [2.24, 2.45) is 0 Å². The zero-order chi connectivity index (χ0) is 23.0. The zero-order valence-electron chi connectivity index (χ0n) is 18.5. The highest BCUT2D eigenvalue weighted by Gasteiger charge is 2.33. The number of rotatable bonds is 6. The summed E-state index contributed by atoms with van der Waals surface area (Å²) in [6, 6.07) is 18.8. The Morgan fingerprint density at radius 1 is 0.906 bits per heavy atom. The summed E-state index contributed by atoms with van der Waals surface area (Å²) in [5, 5.41) is 13.0. The van der Waals surface area contributed by atoms with E-state index in [1.54, 1.807) is 18.5 Å². The van der Waals surface area contributed by atoms with Gasteiger partial charge in [-0.05, 0) is 79.3 Å². The van der Waals surface area contributed by atoms with Gasteiger partial charge in [-0.3, -0.25) is 14.6 Å². The predicted molar refractivity (Wildman–Crippen MR) is 125 cm³/mol. The largest absolute Gasteiger partial charge is 0.400 e. The molecular formula is C26H29N3O3. The Kier molecular flexibility index (Phi) is 7.73. The molecule has 0 atom stereocenters. The van der Waals surface area contributed by atoms with E-state index in [1.165, 1.54) is 0 Å². The van der Waals surface area contributed by atoms with Gasteiger partial charge in [-0.1, -0.05) is 24.3 Å². The highest BCUT2D eigenvalue weighted by atomic mass is 16.2. The Hall–Kier alpha value is -3.51. The molecule has 1 aliphatic rings. The number of carbonyl (C=O) groups excluding carboxylic acids is 2. The van der Waals surface area contributed by atoms with Crippen LogP contribution >= 0.6 is 0 Å². The first-order chi connectivity index (χ1) is 15.5. The van der Waals surface area contributed by atoms with Crippen LogP contribution in [0.3, 0.4) is 0 Å². The van der Waals surface area contributed by atoms with E-state index in [4.69, 9.17) is 5.11 Å². The molecule has 1 heterocycles. The van der Waals surface area contributed by atoms with E-state index >= 15 is 0 Å². The van der Waals surface area contributed by atoms with E-state index in [0.29, 0.717) is 17.7 Å². The summed E-state index contributed by atoms with van der Waals surface area (Å²) in [7, 11) is 1.00. The second-order valence-corrected chi connectivity index (χ2v) is 8.06. The van der Waals surface area contributed by atoms with Crippen LogP contribution in [-0.4, -0.2) is 34.6 Å². The lowest BCUT2D eigenvalue weighted by atomic mass is 9.78. The van der Waals surface area contributed by atoms with Crippen LogP contribution in [0.5, 0.6) is 0 Å². The Morgan fingerprint density at radius 2 is 1.56 bits per heavy atom. The van der Waals surface area contributed by atoms with Gasteiger partial charge in [-0.25, -0.2) is 0 Å². The molecule has 32 heavy (non-hydrogen) atoms. The van der Waals surface area contributed by atoms with E-state index in [-0.39, 0.29) is 17.4 Å². The van der Waals surface area contributed by atoms with E-state index in [0.717, 1.165) is 43.1 Å². The number of benzene rings is 2. The van der Waals surface area contributed by atoms with E-state index < -0.39 is 0 Å². The Balaban J connectivity index is 0.00000141. The highest BCUT2D eigenvalue weighted by molar-refractivity contribution is 5.95. The molecule has 0 saturated heterocycles. The second kappa shape index (κ2) is 10.7. The van der Waals surface area contributed by atoms with E-state index in [9.17, 15) is 9.59 Å². The van der Waals surface area contributed by atoms with Crippen molar-refractivity contribution in [1.29, 1.82) is 0 Å². The topological polar surface area (TPSA) is 91.3 Å². The van der Waals surface area contributed by atoms with Gasteiger partial charge in [0.05, 0.1) is 0 Å². The van der Waals surface area contributed by atoms with Crippen molar-refractivity contribution in [3.8, 4) is 11.1 Å². The fourth-order valence-corrected chi connectivity index (χ4v) is 3.64. The standard InChI is InChI=1S/C25H25N3O2.CH4O/c1-25(12-3-13-25)28-24(30)22-5-2-4-18(16-22)17-27-23(29)21-8-6-19(7-9-21)20-10-14-26-15-11-20;1-2/h2,4-11,14-16H,3,12-13,17H2,1H3,(H,27,29)(H,28,30);2H,1H3. The average Bonchev–Trinajstić information content (AvgIpc) is 2.83. The highest BCUT2D eigenvalue weighted by Crippen LogP contribution is 2.31. The van der Waals surface area contributed by atoms with Gasteiger partial charge < -0.3 is 15.7 Å². The van der Waals surface area contributed by atoms with Crippen molar-refractivity contribution in [2.45, 2.75) is 38.3 Å². The number of hydrogen-bond acceptors (Lipinski definition) is 4. The van der Waals surface area contributed by atoms with Crippen LogP contribution in [0.2, 0.25) is 0 Å². The minimum absolute atomic E-state index is 0.0583. The number of aliphatic hydroxyl groups excluding tert-OH is 1. The molecule has 0 aliphatic heterocycles. The summed E-state index contributed by atoms with van der Waals surface area (Å²) >= 11 is 0. The van der Waals surface area contributed by atoms with Gasteiger partial charge >= 0.3 is 0 Å². The Morgan fingerprint density at radius 3 is 2.19 bits per heavy atom. The minimum atomic E-state index is -0.145. The van der Waals surface area contributed by atoms with Crippen molar-refractivity contribution in [3.05, 3.63) is 89.7 Å². The SMILES string of the molecule is CC1(NC(=O)c2cccc(CNC(=O)c3ccc(-c4ccncc4)cc3)c2)CCC1.CO. The number of amides is 2. The van der Waals surface area contributed by atoms with Gasteiger partial charge in [-0.15, -0.1) is 0 Å². The molecule has 1 aliphatic carbocycles. The Bertz CT molecular complexity index is 1050. The first-order valence-electron chi connectivity index (χ1n) is 10.7. The first-order valence-corrected chi connectivity index (χ1v) is 10.7. The Labute approximate surface area is 188 Å². The average molecular weight is 432 g/mol. The molecule has 6 heteroatoms. The second-order valence-electron chi connectivity index (χ2n) is 8.06. The first kappa shape index (κ1) is 23.2. The maximum atomic E-state index is 12.5. The van der Waals surface area contributed by atoms with Crippen molar-refractivity contribution in [3.63, 3.8) is 0 Å². The van der Waals surface area contributed by atoms with Crippen molar-refractivity contribution in [2.75, 3.05) is 7.11 Å². The number of nitrogens with zero attached hydrogens (tertiary/aromatic N) is 1. The van der Waals surface area contributed by atoms with Crippen LogP contribution in [0, 0.1) is 0 Å². The number of nitrogens with one attached hydrogen (secondary N) is 2. The molecule has 3 N–H and O–H groups in total. The summed E-state index contributed by atoms with van der Waals surface area (Å²) < 4.78 is 0. The zero-order valence-corrected chi connectivity index (χ0v) is 18.5. The molecule has 4 rings (SSSR count). The van der Waals surface area contributed by atoms with Crippen LogP contribution in [-0.2, 0) is 6.54 Å². The number of pyridine rings is 1. The summed E-state index contributed by atoms with van der Waals surface area (Å²) in [4.78, 5) is 29.1. The molecule has 0 bridgehead atoms. The summed E-state index contributed by atoms with van der Waals surface area (Å²) in [6.45, 7) is 2.45. The molecule has 0 unspecified atom stereocenters. The maximum Gasteiger partial charge on any atom is 0.251 e. The summed E-state index contributed by atoms with van der Waals surface area (Å²) in [5.41, 5.74) is 4.12. The van der Waals surface area contributed by atoms with Crippen LogP contribution < -0.4 is 10.6 Å². The molecule has 1 aromatic heterocycles. The van der Waals surface area contributed by atoms with E-state index in [1.807, 2.05) is 54.6 Å². The predicted octanol–water partition coefficient (Wildman–Crippen LogP) is 3.96. The third-order valence-electron chi connectivity index (χ3n) is 5.68. The molecule has 0 radical (unpaired) electrons.